The molecule has 4 heteroatoms. The third-order valence-electron chi connectivity index (χ3n) is 2.53. The van der Waals surface area contributed by atoms with Gasteiger partial charge in [0.15, 0.2) is 0 Å². The van der Waals surface area contributed by atoms with E-state index in [1.54, 1.807) is 0 Å². The van der Waals surface area contributed by atoms with Crippen molar-refractivity contribution in [1.29, 1.82) is 0 Å². The summed E-state index contributed by atoms with van der Waals surface area (Å²) in [6.07, 6.45) is 0. The Morgan fingerprint density at radius 3 is 2.76 bits per heavy atom. The molecule has 0 spiro atoms. The number of nitrogens with one attached hydrogen (secondary N) is 1. The van der Waals surface area contributed by atoms with Crippen molar-refractivity contribution in [2.24, 2.45) is 5.84 Å². The highest BCUT2D eigenvalue weighted by Gasteiger charge is 2.02. The molecule has 0 radical (unpaired) electrons. The highest BCUT2D eigenvalue weighted by Crippen LogP contribution is 2.18. The molecule has 0 heterocycles. The summed E-state index contributed by atoms with van der Waals surface area (Å²) in [6, 6.07) is 14.1. The summed E-state index contributed by atoms with van der Waals surface area (Å²) in [4.78, 5) is 10.9. The van der Waals surface area contributed by atoms with Crippen LogP contribution in [-0.4, -0.2) is 12.5 Å². The Hall–Kier alpha value is -1.91. The zero-order valence-corrected chi connectivity index (χ0v) is 9.35. The molecule has 17 heavy (non-hydrogen) atoms. The first-order valence-electron chi connectivity index (χ1n) is 5.35. The lowest BCUT2D eigenvalue weighted by atomic mass is 10.1. The molecular formula is C13H14N2O2. The van der Waals surface area contributed by atoms with E-state index in [9.17, 15) is 4.79 Å². The fourth-order valence-corrected chi connectivity index (χ4v) is 1.71. The van der Waals surface area contributed by atoms with Gasteiger partial charge in [-0.1, -0.05) is 42.5 Å². The number of carbonyl (C=O) groups is 1. The maximum Gasteiger partial charge on any atom is 0.259 e. The number of benzene rings is 2. The van der Waals surface area contributed by atoms with Crippen LogP contribution in [0.1, 0.15) is 5.56 Å². The smallest absolute Gasteiger partial charge is 0.259 e. The van der Waals surface area contributed by atoms with Crippen LogP contribution in [0.25, 0.3) is 10.8 Å². The second-order valence-electron chi connectivity index (χ2n) is 3.70. The van der Waals surface area contributed by atoms with Crippen molar-refractivity contribution in [2.75, 3.05) is 6.61 Å². The maximum atomic E-state index is 10.9. The normalized spacial score (nSPS) is 10.4. The standard InChI is InChI=1S/C13H14N2O2/c14-15-13(16)9-17-8-11-6-3-5-10-4-1-2-7-12(10)11/h1-7H,8-9,14H2,(H,15,16). The fourth-order valence-electron chi connectivity index (χ4n) is 1.71. The van der Waals surface area contributed by atoms with Crippen LogP contribution in [0.15, 0.2) is 42.5 Å². The first-order valence-corrected chi connectivity index (χ1v) is 5.35. The van der Waals surface area contributed by atoms with Gasteiger partial charge in [-0.05, 0) is 16.3 Å². The molecule has 2 aromatic carbocycles. The second-order valence-corrected chi connectivity index (χ2v) is 3.70. The van der Waals surface area contributed by atoms with Crippen molar-refractivity contribution < 1.29 is 9.53 Å². The van der Waals surface area contributed by atoms with Crippen LogP contribution in [0, 0.1) is 0 Å². The summed E-state index contributed by atoms with van der Waals surface area (Å²) < 4.78 is 5.29. The largest absolute Gasteiger partial charge is 0.367 e. The minimum absolute atomic E-state index is 0.0281. The van der Waals surface area contributed by atoms with Crippen LogP contribution < -0.4 is 11.3 Å². The number of amides is 1. The van der Waals surface area contributed by atoms with Gasteiger partial charge in [-0.2, -0.15) is 0 Å². The van der Waals surface area contributed by atoms with Crippen molar-refractivity contribution in [1.82, 2.24) is 5.43 Å². The van der Waals surface area contributed by atoms with E-state index >= 15 is 0 Å². The minimum Gasteiger partial charge on any atom is -0.367 e. The van der Waals surface area contributed by atoms with Crippen LogP contribution >= 0.6 is 0 Å². The van der Waals surface area contributed by atoms with Crippen LogP contribution in [0.2, 0.25) is 0 Å². The zero-order valence-electron chi connectivity index (χ0n) is 9.35. The third kappa shape index (κ3) is 2.81. The van der Waals surface area contributed by atoms with Crippen molar-refractivity contribution in [2.45, 2.75) is 6.61 Å². The average molecular weight is 230 g/mol. The van der Waals surface area contributed by atoms with Gasteiger partial charge in [-0.25, -0.2) is 5.84 Å². The zero-order chi connectivity index (χ0) is 12.1. The summed E-state index contributed by atoms with van der Waals surface area (Å²) in [6.45, 7) is 0.370. The maximum absolute atomic E-state index is 10.9. The van der Waals surface area contributed by atoms with Crippen LogP contribution in [0.4, 0.5) is 0 Å². The lowest BCUT2D eigenvalue weighted by Crippen LogP contribution is -2.33. The summed E-state index contributed by atoms with van der Waals surface area (Å²) in [5.74, 6) is 4.63. The van der Waals surface area contributed by atoms with E-state index in [1.807, 2.05) is 47.9 Å². The van der Waals surface area contributed by atoms with Gasteiger partial charge < -0.3 is 4.74 Å². The molecule has 0 bridgehead atoms. The number of fused-ring (bicyclic) bond motifs is 1. The van der Waals surface area contributed by atoms with E-state index in [4.69, 9.17) is 10.6 Å². The summed E-state index contributed by atoms with van der Waals surface area (Å²) in [5.41, 5.74) is 3.09. The molecule has 3 N–H and O–H groups in total. The van der Waals surface area contributed by atoms with Gasteiger partial charge in [0.1, 0.15) is 6.61 Å². The number of hydrogen-bond acceptors (Lipinski definition) is 3. The molecule has 0 fully saturated rings. The topological polar surface area (TPSA) is 64.3 Å². The molecule has 0 aliphatic rings. The summed E-state index contributed by atoms with van der Waals surface area (Å²) in [7, 11) is 0. The van der Waals surface area contributed by atoms with Gasteiger partial charge in [0.25, 0.3) is 5.91 Å². The SMILES string of the molecule is NNC(=O)COCc1cccc2ccccc12. The van der Waals surface area contributed by atoms with Crippen LogP contribution in [-0.2, 0) is 16.1 Å². The van der Waals surface area contributed by atoms with Crippen LogP contribution in [0.5, 0.6) is 0 Å². The molecule has 2 rings (SSSR count). The Morgan fingerprint density at radius 1 is 1.18 bits per heavy atom. The predicted octanol–water partition coefficient (Wildman–Crippen LogP) is 1.35. The van der Waals surface area contributed by atoms with Gasteiger partial charge in [0.05, 0.1) is 6.61 Å². The lowest BCUT2D eigenvalue weighted by molar-refractivity contribution is -0.126. The van der Waals surface area contributed by atoms with Gasteiger partial charge in [-0.3, -0.25) is 10.2 Å². The third-order valence-corrected chi connectivity index (χ3v) is 2.53. The van der Waals surface area contributed by atoms with E-state index in [0.717, 1.165) is 16.3 Å². The number of ether oxygens (including phenoxy) is 1. The predicted molar refractivity (Wildman–Crippen MR) is 65.9 cm³/mol. The molecule has 0 aliphatic heterocycles. The molecule has 0 aromatic heterocycles. The van der Waals surface area contributed by atoms with Crippen molar-refractivity contribution in [3.8, 4) is 0 Å². The van der Waals surface area contributed by atoms with Gasteiger partial charge in [-0.15, -0.1) is 0 Å². The quantitative estimate of drug-likeness (QED) is 0.473. The highest BCUT2D eigenvalue weighted by molar-refractivity contribution is 5.85. The molecule has 0 atom stereocenters. The van der Waals surface area contributed by atoms with Gasteiger partial charge >= 0.3 is 0 Å². The molecule has 4 nitrogen and oxygen atoms in total. The molecule has 2 aromatic rings. The highest BCUT2D eigenvalue weighted by atomic mass is 16.5. The minimum atomic E-state index is -0.328. The Balaban J connectivity index is 2.11. The average Bonchev–Trinajstić information content (AvgIpc) is 2.39. The molecule has 88 valence electrons. The van der Waals surface area contributed by atoms with E-state index in [-0.39, 0.29) is 12.5 Å². The number of hydrogen-bond donors (Lipinski definition) is 2. The van der Waals surface area contributed by atoms with Crippen molar-refractivity contribution in [3.63, 3.8) is 0 Å². The Kier molecular flexibility index (Phi) is 3.69. The molecule has 0 saturated heterocycles. The Bertz CT molecular complexity index is 520. The number of nitrogens with two attached hydrogens (primary N) is 1. The van der Waals surface area contributed by atoms with E-state index in [1.165, 1.54) is 0 Å². The molecule has 1 amide bonds. The molecular weight excluding hydrogens is 216 g/mol. The van der Waals surface area contributed by atoms with Gasteiger partial charge in [0, 0.05) is 0 Å². The number of carbonyl (C=O) groups excluding carboxylic acids is 1. The molecule has 0 saturated carbocycles. The Morgan fingerprint density at radius 2 is 1.94 bits per heavy atom. The van der Waals surface area contributed by atoms with Gasteiger partial charge in [0.2, 0.25) is 0 Å². The van der Waals surface area contributed by atoms with Crippen molar-refractivity contribution >= 4 is 16.7 Å². The lowest BCUT2D eigenvalue weighted by Gasteiger charge is -2.07. The monoisotopic (exact) mass is 230 g/mol. The molecule has 0 unspecified atom stereocenters. The van der Waals surface area contributed by atoms with E-state index in [2.05, 4.69) is 0 Å². The van der Waals surface area contributed by atoms with Crippen molar-refractivity contribution in [3.05, 3.63) is 48.0 Å². The van der Waals surface area contributed by atoms with E-state index < -0.39 is 0 Å². The first kappa shape index (κ1) is 11.6. The number of rotatable bonds is 4. The van der Waals surface area contributed by atoms with E-state index in [0.29, 0.717) is 6.61 Å². The molecule has 0 aliphatic carbocycles. The second kappa shape index (κ2) is 5.43. The number of hydrazine groups is 1. The summed E-state index contributed by atoms with van der Waals surface area (Å²) >= 11 is 0. The summed E-state index contributed by atoms with van der Waals surface area (Å²) in [5, 5.41) is 2.31. The first-order chi connectivity index (χ1) is 8.31. The Labute approximate surface area is 99.3 Å². The fraction of sp³-hybridized carbons (Fsp3) is 0.154. The van der Waals surface area contributed by atoms with Crippen LogP contribution in [0.3, 0.4) is 0 Å².